The fourth-order valence-corrected chi connectivity index (χ4v) is 4.40. The minimum atomic E-state index is -0.899. The number of aliphatic hydroxyl groups is 1. The van der Waals surface area contributed by atoms with Crippen molar-refractivity contribution in [1.29, 1.82) is 0 Å². The first-order chi connectivity index (χ1) is 14.9. The number of aromatic carboxylic acids is 1. The maximum atomic E-state index is 11.3. The molecule has 1 aliphatic rings. The van der Waals surface area contributed by atoms with Gasteiger partial charge in [-0.25, -0.2) is 4.79 Å². The van der Waals surface area contributed by atoms with E-state index in [1.807, 2.05) is 31.2 Å². The van der Waals surface area contributed by atoms with E-state index in [0.29, 0.717) is 23.2 Å². The van der Waals surface area contributed by atoms with Gasteiger partial charge in [-0.1, -0.05) is 54.1 Å². The van der Waals surface area contributed by atoms with Crippen molar-refractivity contribution >= 4 is 17.6 Å². The molecule has 3 aromatic rings. The van der Waals surface area contributed by atoms with E-state index in [1.54, 1.807) is 18.2 Å². The molecule has 0 radical (unpaired) electrons. The summed E-state index contributed by atoms with van der Waals surface area (Å²) in [6.45, 7) is 2.33. The molecule has 0 saturated carbocycles. The first kappa shape index (κ1) is 21.6. The lowest BCUT2D eigenvalue weighted by atomic mass is 9.86. The zero-order valence-corrected chi connectivity index (χ0v) is 18.2. The van der Waals surface area contributed by atoms with Crippen LogP contribution in [0.15, 0.2) is 60.7 Å². The number of nitrogens with one attached hydrogen (secondary N) is 1. The summed E-state index contributed by atoms with van der Waals surface area (Å²) in [7, 11) is 0. The van der Waals surface area contributed by atoms with Crippen molar-refractivity contribution in [2.45, 2.75) is 38.3 Å². The molecule has 0 bridgehead atoms. The molecular formula is C26H26ClNO3. The normalized spacial score (nSPS) is 16.5. The minimum absolute atomic E-state index is 0.306. The molecule has 4 rings (SSSR count). The van der Waals surface area contributed by atoms with Crippen molar-refractivity contribution in [1.82, 2.24) is 5.32 Å². The second-order valence-electron chi connectivity index (χ2n) is 8.23. The number of halogens is 1. The summed E-state index contributed by atoms with van der Waals surface area (Å²) >= 11 is 5.93. The van der Waals surface area contributed by atoms with Crippen molar-refractivity contribution < 1.29 is 15.0 Å². The van der Waals surface area contributed by atoms with E-state index in [0.717, 1.165) is 41.5 Å². The predicted molar refractivity (Wildman–Crippen MR) is 124 cm³/mol. The number of aryl methyl sites for hydroxylation is 2. The Morgan fingerprint density at radius 2 is 1.77 bits per heavy atom. The molecule has 4 nitrogen and oxygen atoms in total. The third-order valence-electron chi connectivity index (χ3n) is 6.08. The van der Waals surface area contributed by atoms with Crippen LogP contribution in [0, 0.1) is 6.92 Å². The number of carboxylic acids is 1. The predicted octanol–water partition coefficient (Wildman–Crippen LogP) is 5.19. The van der Waals surface area contributed by atoms with Gasteiger partial charge in [0.1, 0.15) is 0 Å². The van der Waals surface area contributed by atoms with Crippen molar-refractivity contribution in [3.05, 3.63) is 93.5 Å². The van der Waals surface area contributed by atoms with Crippen molar-refractivity contribution in [3.63, 3.8) is 0 Å². The molecule has 2 atom stereocenters. The van der Waals surface area contributed by atoms with Crippen LogP contribution in [0.2, 0.25) is 5.02 Å². The molecule has 160 valence electrons. The van der Waals surface area contributed by atoms with Gasteiger partial charge in [0.15, 0.2) is 0 Å². The van der Waals surface area contributed by atoms with Gasteiger partial charge in [0.2, 0.25) is 0 Å². The number of hydrogen-bond acceptors (Lipinski definition) is 3. The largest absolute Gasteiger partial charge is 0.478 e. The lowest BCUT2D eigenvalue weighted by molar-refractivity contribution is 0.0696. The summed E-state index contributed by atoms with van der Waals surface area (Å²) in [5.74, 6) is -0.899. The number of carboxylic acid groups (broad SMARTS) is 1. The molecule has 0 saturated heterocycles. The van der Waals surface area contributed by atoms with Gasteiger partial charge < -0.3 is 15.5 Å². The Morgan fingerprint density at radius 1 is 1.06 bits per heavy atom. The molecule has 0 fully saturated rings. The van der Waals surface area contributed by atoms with E-state index in [1.165, 1.54) is 11.1 Å². The van der Waals surface area contributed by atoms with E-state index < -0.39 is 12.1 Å². The number of aliphatic hydroxyl groups excluding tert-OH is 1. The Labute approximate surface area is 187 Å². The first-order valence-corrected chi connectivity index (χ1v) is 10.9. The quantitative estimate of drug-likeness (QED) is 0.498. The second kappa shape index (κ2) is 9.23. The third kappa shape index (κ3) is 4.99. The molecule has 0 unspecified atom stereocenters. The first-order valence-electron chi connectivity index (χ1n) is 10.5. The molecule has 31 heavy (non-hydrogen) atoms. The molecular weight excluding hydrogens is 410 g/mol. The lowest BCUT2D eigenvalue weighted by Crippen LogP contribution is -2.37. The average Bonchev–Trinajstić information content (AvgIpc) is 2.77. The highest BCUT2D eigenvalue weighted by molar-refractivity contribution is 6.30. The Morgan fingerprint density at radius 3 is 2.48 bits per heavy atom. The molecule has 0 aliphatic heterocycles. The van der Waals surface area contributed by atoms with Crippen LogP contribution >= 0.6 is 11.6 Å². The van der Waals surface area contributed by atoms with Crippen molar-refractivity contribution in [2.24, 2.45) is 0 Å². The average molecular weight is 436 g/mol. The SMILES string of the molecule is Cc1cc(-c2ccc3c(c2)C[C@@H](NC[C@H](O)c2ccc(Cl)cc2)CC3)ccc1C(=O)O. The summed E-state index contributed by atoms with van der Waals surface area (Å²) in [5.41, 5.74) is 6.75. The zero-order valence-electron chi connectivity index (χ0n) is 17.4. The molecule has 1 aliphatic carbocycles. The molecule has 0 spiro atoms. The van der Waals surface area contributed by atoms with E-state index in [4.69, 9.17) is 11.6 Å². The highest BCUT2D eigenvalue weighted by Crippen LogP contribution is 2.29. The Hall–Kier alpha value is -2.66. The highest BCUT2D eigenvalue weighted by atomic mass is 35.5. The number of rotatable bonds is 6. The maximum Gasteiger partial charge on any atom is 0.335 e. The topological polar surface area (TPSA) is 69.6 Å². The number of hydrogen-bond donors (Lipinski definition) is 3. The number of fused-ring (bicyclic) bond motifs is 1. The van der Waals surface area contributed by atoms with Crippen LogP contribution in [0.4, 0.5) is 0 Å². The van der Waals surface area contributed by atoms with Crippen LogP contribution in [-0.4, -0.2) is 28.8 Å². The fraction of sp³-hybridized carbons (Fsp3) is 0.269. The van der Waals surface area contributed by atoms with Crippen molar-refractivity contribution in [2.75, 3.05) is 6.54 Å². The number of benzene rings is 3. The van der Waals surface area contributed by atoms with Gasteiger partial charge in [0, 0.05) is 17.6 Å². The molecule has 5 heteroatoms. The number of carbonyl (C=O) groups is 1. The van der Waals surface area contributed by atoms with E-state index in [9.17, 15) is 15.0 Å². The van der Waals surface area contributed by atoms with Gasteiger partial charge in [-0.15, -0.1) is 0 Å². The Kier molecular flexibility index (Phi) is 6.42. The van der Waals surface area contributed by atoms with Gasteiger partial charge in [-0.2, -0.15) is 0 Å². The maximum absolute atomic E-state index is 11.3. The van der Waals surface area contributed by atoms with Crippen molar-refractivity contribution in [3.8, 4) is 11.1 Å². The summed E-state index contributed by atoms with van der Waals surface area (Å²) in [6, 6.07) is 19.6. The van der Waals surface area contributed by atoms with Gasteiger partial charge in [0.25, 0.3) is 0 Å². The van der Waals surface area contributed by atoms with Gasteiger partial charge in [-0.3, -0.25) is 0 Å². The second-order valence-corrected chi connectivity index (χ2v) is 8.67. The summed E-state index contributed by atoms with van der Waals surface area (Å²) in [5, 5.41) is 23.9. The third-order valence-corrected chi connectivity index (χ3v) is 6.33. The smallest absolute Gasteiger partial charge is 0.335 e. The standard InChI is InChI=1S/C26H26ClNO3/c1-16-12-19(7-11-24(16)26(30)31)20-3-2-17-6-10-23(14-21(17)13-20)28-15-25(29)18-4-8-22(27)9-5-18/h2-5,7-9,11-13,23,25,28-29H,6,10,14-15H2,1H3,(H,30,31)/t23-,25-/m0/s1. The highest BCUT2D eigenvalue weighted by Gasteiger charge is 2.20. The lowest BCUT2D eigenvalue weighted by Gasteiger charge is -2.27. The van der Waals surface area contributed by atoms with Gasteiger partial charge in [0.05, 0.1) is 11.7 Å². The fourth-order valence-electron chi connectivity index (χ4n) is 4.28. The van der Waals surface area contributed by atoms with Crippen LogP contribution in [0.5, 0.6) is 0 Å². The van der Waals surface area contributed by atoms with Gasteiger partial charge >= 0.3 is 5.97 Å². The van der Waals surface area contributed by atoms with Crippen LogP contribution < -0.4 is 5.32 Å². The summed E-state index contributed by atoms with van der Waals surface area (Å²) < 4.78 is 0. The Balaban J connectivity index is 1.44. The molecule has 0 amide bonds. The van der Waals surface area contributed by atoms with Crippen LogP contribution in [0.3, 0.4) is 0 Å². The van der Waals surface area contributed by atoms with Crippen LogP contribution in [-0.2, 0) is 12.8 Å². The van der Waals surface area contributed by atoms with Crippen LogP contribution in [0.1, 0.15) is 45.1 Å². The summed E-state index contributed by atoms with van der Waals surface area (Å²) in [6.07, 6.45) is 2.37. The molecule has 0 heterocycles. The van der Waals surface area contributed by atoms with Crippen LogP contribution in [0.25, 0.3) is 11.1 Å². The van der Waals surface area contributed by atoms with E-state index >= 15 is 0 Å². The Bertz CT molecular complexity index is 1090. The van der Waals surface area contributed by atoms with E-state index in [-0.39, 0.29) is 0 Å². The minimum Gasteiger partial charge on any atom is -0.478 e. The monoisotopic (exact) mass is 435 g/mol. The molecule has 3 aromatic carbocycles. The molecule has 0 aromatic heterocycles. The van der Waals surface area contributed by atoms with E-state index in [2.05, 4.69) is 23.5 Å². The molecule has 3 N–H and O–H groups in total. The zero-order chi connectivity index (χ0) is 22.0. The van der Waals surface area contributed by atoms with Gasteiger partial charge in [-0.05, 0) is 77.8 Å². The summed E-state index contributed by atoms with van der Waals surface area (Å²) in [4.78, 5) is 11.3.